The second-order valence-corrected chi connectivity index (χ2v) is 6.46. The van der Waals surface area contributed by atoms with Crippen LogP contribution in [-0.4, -0.2) is 30.1 Å². The van der Waals surface area contributed by atoms with Crippen LogP contribution in [0, 0.1) is 5.82 Å². The molecule has 2 nitrogen and oxygen atoms in total. The molecule has 0 amide bonds. The highest BCUT2D eigenvalue weighted by molar-refractivity contribution is 6.30. The van der Waals surface area contributed by atoms with Crippen molar-refractivity contribution < 1.29 is 4.39 Å². The summed E-state index contributed by atoms with van der Waals surface area (Å²) in [6.45, 7) is 3.12. The quantitative estimate of drug-likeness (QED) is 0.893. The maximum Gasteiger partial charge on any atom is 0.141 e. The van der Waals surface area contributed by atoms with Crippen LogP contribution >= 0.6 is 11.6 Å². The third-order valence-electron chi connectivity index (χ3n) is 4.30. The molecule has 0 bridgehead atoms. The highest BCUT2D eigenvalue weighted by atomic mass is 35.5. The van der Waals surface area contributed by atoms with Crippen molar-refractivity contribution in [3.63, 3.8) is 0 Å². The molecule has 3 rings (SSSR count). The lowest BCUT2D eigenvalue weighted by Gasteiger charge is -2.30. The number of nitrogens with one attached hydrogen (secondary N) is 1. The summed E-state index contributed by atoms with van der Waals surface area (Å²) < 4.78 is 13.2. The summed E-state index contributed by atoms with van der Waals surface area (Å²) in [7, 11) is 0. The van der Waals surface area contributed by atoms with Crippen LogP contribution in [0.2, 0.25) is 5.02 Å². The molecule has 1 heterocycles. The molecule has 1 aliphatic carbocycles. The van der Waals surface area contributed by atoms with Crippen molar-refractivity contribution in [2.45, 2.75) is 50.7 Å². The van der Waals surface area contributed by atoms with E-state index < -0.39 is 0 Å². The summed E-state index contributed by atoms with van der Waals surface area (Å²) in [6.07, 6.45) is 6.49. The Morgan fingerprint density at radius 3 is 2.75 bits per heavy atom. The van der Waals surface area contributed by atoms with Crippen molar-refractivity contribution in [1.82, 2.24) is 10.2 Å². The normalized spacial score (nSPS) is 23.2. The molecule has 1 aromatic carbocycles. The highest BCUT2D eigenvalue weighted by Gasteiger charge is 2.30. The Bertz CT molecular complexity index is 456. The van der Waals surface area contributed by atoms with Crippen LogP contribution < -0.4 is 5.32 Å². The SMILES string of the molecule is Fc1ccc(CN(CC2CCCCN2)C2CC2)cc1Cl. The van der Waals surface area contributed by atoms with Gasteiger partial charge in [0.2, 0.25) is 0 Å². The zero-order chi connectivity index (χ0) is 13.9. The van der Waals surface area contributed by atoms with Crippen molar-refractivity contribution >= 4 is 11.6 Å². The minimum atomic E-state index is -0.331. The van der Waals surface area contributed by atoms with E-state index in [0.717, 1.165) is 25.2 Å². The standard InChI is InChI=1S/C16H22ClFN2/c17-15-9-12(4-7-16(15)18)10-20(14-5-6-14)11-13-3-1-2-8-19-13/h4,7,9,13-14,19H,1-3,5-6,8,10-11H2. The van der Waals surface area contributed by atoms with E-state index in [-0.39, 0.29) is 10.8 Å². The first-order chi connectivity index (χ1) is 9.72. The van der Waals surface area contributed by atoms with Gasteiger partial charge in [-0.25, -0.2) is 4.39 Å². The van der Waals surface area contributed by atoms with Crippen LogP contribution in [0.1, 0.15) is 37.7 Å². The molecule has 1 N–H and O–H groups in total. The minimum Gasteiger partial charge on any atom is -0.313 e. The van der Waals surface area contributed by atoms with Gasteiger partial charge in [-0.15, -0.1) is 0 Å². The van der Waals surface area contributed by atoms with Crippen LogP contribution in [0.15, 0.2) is 18.2 Å². The van der Waals surface area contributed by atoms with Crippen LogP contribution in [0.5, 0.6) is 0 Å². The summed E-state index contributed by atoms with van der Waals surface area (Å²) >= 11 is 5.88. The first-order valence-corrected chi connectivity index (χ1v) is 8.01. The Labute approximate surface area is 125 Å². The van der Waals surface area contributed by atoms with Crippen LogP contribution in [0.4, 0.5) is 4.39 Å². The third-order valence-corrected chi connectivity index (χ3v) is 4.59. The molecule has 20 heavy (non-hydrogen) atoms. The monoisotopic (exact) mass is 296 g/mol. The Kier molecular flexibility index (Phi) is 4.59. The number of hydrogen-bond acceptors (Lipinski definition) is 2. The van der Waals surface area contributed by atoms with Gasteiger partial charge in [-0.3, -0.25) is 4.90 Å². The predicted octanol–water partition coefficient (Wildman–Crippen LogP) is 3.59. The molecule has 1 aliphatic heterocycles. The van der Waals surface area contributed by atoms with E-state index in [1.807, 2.05) is 6.07 Å². The lowest BCUT2D eigenvalue weighted by Crippen LogP contribution is -2.44. The van der Waals surface area contributed by atoms with E-state index in [9.17, 15) is 4.39 Å². The Hall–Kier alpha value is -0.640. The Morgan fingerprint density at radius 2 is 2.10 bits per heavy atom. The molecule has 1 atom stereocenters. The van der Waals surface area contributed by atoms with Gasteiger partial charge in [-0.05, 0) is 49.9 Å². The third kappa shape index (κ3) is 3.72. The van der Waals surface area contributed by atoms with Gasteiger partial charge in [0.05, 0.1) is 5.02 Å². The van der Waals surface area contributed by atoms with Crippen LogP contribution in [0.25, 0.3) is 0 Å². The summed E-state index contributed by atoms with van der Waals surface area (Å²) in [5.74, 6) is -0.331. The lowest BCUT2D eigenvalue weighted by molar-refractivity contribution is 0.208. The fraction of sp³-hybridized carbons (Fsp3) is 0.625. The zero-order valence-corrected chi connectivity index (χ0v) is 12.5. The Balaban J connectivity index is 1.62. The maximum absolute atomic E-state index is 13.2. The predicted molar refractivity (Wildman–Crippen MR) is 80.5 cm³/mol. The average molecular weight is 297 g/mol. The molecule has 1 unspecified atom stereocenters. The fourth-order valence-corrected chi connectivity index (χ4v) is 3.22. The van der Waals surface area contributed by atoms with Gasteiger partial charge in [0.25, 0.3) is 0 Å². The van der Waals surface area contributed by atoms with Crippen molar-refractivity contribution in [2.24, 2.45) is 0 Å². The summed E-state index contributed by atoms with van der Waals surface area (Å²) in [5, 5.41) is 3.84. The maximum atomic E-state index is 13.2. The van der Waals surface area contributed by atoms with Gasteiger partial charge in [-0.1, -0.05) is 24.1 Å². The highest BCUT2D eigenvalue weighted by Crippen LogP contribution is 2.29. The van der Waals surface area contributed by atoms with E-state index in [2.05, 4.69) is 10.2 Å². The molecule has 0 aromatic heterocycles. The molecule has 0 radical (unpaired) electrons. The average Bonchev–Trinajstić information content (AvgIpc) is 3.28. The summed E-state index contributed by atoms with van der Waals surface area (Å²) in [6, 6.07) is 6.41. The molecule has 110 valence electrons. The first-order valence-electron chi connectivity index (χ1n) is 7.64. The van der Waals surface area contributed by atoms with Gasteiger partial charge >= 0.3 is 0 Å². The number of nitrogens with zero attached hydrogens (tertiary/aromatic N) is 1. The van der Waals surface area contributed by atoms with Gasteiger partial charge in [0.1, 0.15) is 5.82 Å². The van der Waals surface area contributed by atoms with E-state index in [1.165, 1.54) is 38.2 Å². The van der Waals surface area contributed by atoms with Gasteiger partial charge in [0, 0.05) is 25.2 Å². The van der Waals surface area contributed by atoms with E-state index in [1.54, 1.807) is 6.07 Å². The number of rotatable bonds is 5. The topological polar surface area (TPSA) is 15.3 Å². The van der Waals surface area contributed by atoms with Crippen molar-refractivity contribution in [3.05, 3.63) is 34.6 Å². The molecule has 1 aromatic rings. The number of halogens is 2. The largest absolute Gasteiger partial charge is 0.313 e. The van der Waals surface area contributed by atoms with Crippen molar-refractivity contribution in [2.75, 3.05) is 13.1 Å². The summed E-state index contributed by atoms with van der Waals surface area (Å²) in [5.41, 5.74) is 1.11. The molecular weight excluding hydrogens is 275 g/mol. The number of benzene rings is 1. The fourth-order valence-electron chi connectivity index (χ4n) is 3.02. The summed E-state index contributed by atoms with van der Waals surface area (Å²) in [4.78, 5) is 2.53. The number of hydrogen-bond donors (Lipinski definition) is 1. The first kappa shape index (κ1) is 14.3. The molecule has 2 aliphatic rings. The molecule has 1 saturated carbocycles. The van der Waals surface area contributed by atoms with Crippen LogP contribution in [-0.2, 0) is 6.54 Å². The Morgan fingerprint density at radius 1 is 1.25 bits per heavy atom. The van der Waals surface area contributed by atoms with E-state index >= 15 is 0 Å². The van der Waals surface area contributed by atoms with Gasteiger partial charge in [-0.2, -0.15) is 0 Å². The van der Waals surface area contributed by atoms with Gasteiger partial charge in [0.15, 0.2) is 0 Å². The molecule has 2 fully saturated rings. The van der Waals surface area contributed by atoms with Crippen molar-refractivity contribution in [3.8, 4) is 0 Å². The molecule has 4 heteroatoms. The minimum absolute atomic E-state index is 0.231. The van der Waals surface area contributed by atoms with Crippen molar-refractivity contribution in [1.29, 1.82) is 0 Å². The van der Waals surface area contributed by atoms with Gasteiger partial charge < -0.3 is 5.32 Å². The van der Waals surface area contributed by atoms with E-state index in [0.29, 0.717) is 12.1 Å². The molecule has 0 spiro atoms. The van der Waals surface area contributed by atoms with E-state index in [4.69, 9.17) is 11.6 Å². The smallest absolute Gasteiger partial charge is 0.141 e. The number of piperidine rings is 1. The van der Waals surface area contributed by atoms with Crippen LogP contribution in [0.3, 0.4) is 0 Å². The lowest BCUT2D eigenvalue weighted by atomic mass is 10.0. The molecular formula is C16H22ClFN2. The second kappa shape index (κ2) is 6.42. The zero-order valence-electron chi connectivity index (χ0n) is 11.7. The second-order valence-electron chi connectivity index (χ2n) is 6.06. The molecule has 1 saturated heterocycles.